The summed E-state index contributed by atoms with van der Waals surface area (Å²) in [4.78, 5) is 11.9. The predicted molar refractivity (Wildman–Crippen MR) is 178 cm³/mol. The second-order valence-corrected chi connectivity index (χ2v) is 12.4. The fraction of sp³-hybridized carbons (Fsp3) is 0.649. The Morgan fingerprint density at radius 1 is 0.733 bits per heavy atom. The lowest BCUT2D eigenvalue weighted by atomic mass is 9.87. The van der Waals surface area contributed by atoms with E-state index in [1.807, 2.05) is 24.3 Å². The number of allylic oxidation sites excluding steroid dienone is 1. The lowest BCUT2D eigenvalue weighted by molar-refractivity contribution is -0.132. The molecule has 0 heterocycles. The van der Waals surface area contributed by atoms with Gasteiger partial charge in [0, 0.05) is 47.1 Å². The van der Waals surface area contributed by atoms with Gasteiger partial charge in [-0.3, -0.25) is 0 Å². The van der Waals surface area contributed by atoms with Crippen LogP contribution in [0.5, 0.6) is 11.5 Å². The van der Waals surface area contributed by atoms with E-state index in [1.165, 1.54) is 12.8 Å². The molecule has 0 saturated carbocycles. The quantitative estimate of drug-likeness (QED) is 0.114. The van der Waals surface area contributed by atoms with E-state index in [0.717, 1.165) is 60.4 Å². The maximum atomic E-state index is 11.9. The molecule has 252 valence electrons. The van der Waals surface area contributed by atoms with Gasteiger partial charge >= 0.3 is 5.97 Å². The van der Waals surface area contributed by atoms with E-state index in [0.29, 0.717) is 43.0 Å². The average Bonchev–Trinajstić information content (AvgIpc) is 3.05. The van der Waals surface area contributed by atoms with Crippen molar-refractivity contribution in [2.24, 2.45) is 11.8 Å². The molecule has 45 heavy (non-hydrogen) atoms. The molecule has 3 N–H and O–H groups in total. The third-order valence-electron chi connectivity index (χ3n) is 8.87. The van der Waals surface area contributed by atoms with Crippen molar-refractivity contribution in [1.82, 2.24) is 0 Å². The van der Waals surface area contributed by atoms with Crippen molar-refractivity contribution in [3.05, 3.63) is 47.0 Å². The molecule has 0 amide bonds. The van der Waals surface area contributed by atoms with Crippen molar-refractivity contribution in [2.45, 2.75) is 104 Å². The molecule has 1 aliphatic rings. The average molecular weight is 629 g/mol. The first-order chi connectivity index (χ1) is 21.8. The Morgan fingerprint density at radius 3 is 1.67 bits per heavy atom. The van der Waals surface area contributed by atoms with Gasteiger partial charge in [-0.1, -0.05) is 96.6 Å². The van der Waals surface area contributed by atoms with Gasteiger partial charge in [-0.25, -0.2) is 4.79 Å². The highest BCUT2D eigenvalue weighted by atomic mass is 16.5. The van der Waals surface area contributed by atoms with Gasteiger partial charge in [0.1, 0.15) is 36.9 Å². The summed E-state index contributed by atoms with van der Waals surface area (Å²) in [7, 11) is 0. The second kappa shape index (κ2) is 19.8. The molecule has 0 aliphatic heterocycles. The molecule has 1 aliphatic carbocycles. The number of fused-ring (bicyclic) bond motifs is 2. The van der Waals surface area contributed by atoms with Crippen molar-refractivity contribution >= 4 is 16.7 Å². The summed E-state index contributed by atoms with van der Waals surface area (Å²) in [5.41, 5.74) is 1.85. The lowest BCUT2D eigenvalue weighted by Crippen LogP contribution is -2.26. The topological polar surface area (TPSA) is 115 Å². The van der Waals surface area contributed by atoms with Crippen LogP contribution in [0.4, 0.5) is 0 Å². The SMILES string of the molecule is CCCC(CC)CCOCC(O)COc1c2c(c(OCC(O)COCCC(CC)CCC)c3ccccc13)CC(C(=O)O)=CC2. The number of ether oxygens (including phenoxy) is 4. The molecule has 4 unspecified atom stereocenters. The molecular formula is C37H56O8. The first-order valence-corrected chi connectivity index (χ1v) is 17.1. The Morgan fingerprint density at radius 2 is 1.22 bits per heavy atom. The maximum Gasteiger partial charge on any atom is 0.331 e. The highest BCUT2D eigenvalue weighted by molar-refractivity contribution is 5.98. The summed E-state index contributed by atoms with van der Waals surface area (Å²) in [5.74, 6) is 1.47. The Bertz CT molecular complexity index is 1210. The first kappa shape index (κ1) is 36.8. The Hall–Kier alpha value is -2.65. The van der Waals surface area contributed by atoms with E-state index in [-0.39, 0.29) is 38.4 Å². The van der Waals surface area contributed by atoms with Gasteiger partial charge < -0.3 is 34.3 Å². The molecule has 0 fully saturated rings. The molecule has 0 bridgehead atoms. The second-order valence-electron chi connectivity index (χ2n) is 12.4. The van der Waals surface area contributed by atoms with E-state index in [2.05, 4.69) is 27.7 Å². The number of hydrogen-bond acceptors (Lipinski definition) is 7. The Kier molecular flexibility index (Phi) is 16.2. The number of carboxylic acid groups (broad SMARTS) is 1. The van der Waals surface area contributed by atoms with Gasteiger partial charge in [0.05, 0.1) is 13.2 Å². The van der Waals surface area contributed by atoms with Crippen LogP contribution in [-0.2, 0) is 27.1 Å². The van der Waals surface area contributed by atoms with E-state index < -0.39 is 18.2 Å². The van der Waals surface area contributed by atoms with E-state index in [1.54, 1.807) is 6.08 Å². The van der Waals surface area contributed by atoms with Gasteiger partial charge in [0.2, 0.25) is 0 Å². The van der Waals surface area contributed by atoms with Crippen molar-refractivity contribution in [1.29, 1.82) is 0 Å². The van der Waals surface area contributed by atoms with Crippen molar-refractivity contribution in [2.75, 3.05) is 39.6 Å². The standard InChI is InChI=1S/C37H56O8/c1-5-11-26(7-3)17-19-42-22-29(38)24-44-35-31-13-9-10-14-32(31)36(34-21-28(37(40)41)15-16-33(34)35)45-25-30(39)23-43-20-18-27(8-4)12-6-2/h9-10,13-15,26-27,29-30,38-39H,5-8,11-12,16-25H2,1-4H3,(H,40,41). The van der Waals surface area contributed by atoms with Crippen LogP contribution in [0.1, 0.15) is 90.2 Å². The lowest BCUT2D eigenvalue weighted by Gasteiger charge is -2.26. The molecule has 2 aromatic rings. The number of aliphatic carboxylic acids is 1. The third kappa shape index (κ3) is 11.3. The number of aliphatic hydroxyl groups is 2. The highest BCUT2D eigenvalue weighted by Crippen LogP contribution is 2.44. The fourth-order valence-electron chi connectivity index (χ4n) is 6.18. The maximum absolute atomic E-state index is 11.9. The van der Waals surface area contributed by atoms with E-state index >= 15 is 0 Å². The summed E-state index contributed by atoms with van der Waals surface area (Å²) < 4.78 is 24.1. The van der Waals surface area contributed by atoms with Crippen LogP contribution >= 0.6 is 0 Å². The van der Waals surface area contributed by atoms with Crippen LogP contribution in [0, 0.1) is 11.8 Å². The number of carboxylic acids is 1. The minimum atomic E-state index is -0.971. The number of aliphatic hydroxyl groups excluding tert-OH is 2. The molecule has 8 heteroatoms. The predicted octanol–water partition coefficient (Wildman–Crippen LogP) is 6.89. The zero-order valence-corrected chi connectivity index (χ0v) is 27.9. The number of hydrogen-bond donors (Lipinski definition) is 3. The summed E-state index contributed by atoms with van der Waals surface area (Å²) in [6, 6.07) is 7.66. The molecule has 4 atom stereocenters. The largest absolute Gasteiger partial charge is 0.490 e. The van der Waals surface area contributed by atoms with Gasteiger partial charge in [-0.05, 0) is 31.1 Å². The van der Waals surface area contributed by atoms with Crippen LogP contribution in [0.3, 0.4) is 0 Å². The minimum Gasteiger partial charge on any atom is -0.490 e. The van der Waals surface area contributed by atoms with Gasteiger partial charge in [-0.15, -0.1) is 0 Å². The molecular weight excluding hydrogens is 572 g/mol. The van der Waals surface area contributed by atoms with Crippen molar-refractivity contribution in [3.63, 3.8) is 0 Å². The molecule has 3 rings (SSSR count). The minimum absolute atomic E-state index is 0.0160. The molecule has 8 nitrogen and oxygen atoms in total. The van der Waals surface area contributed by atoms with Crippen LogP contribution < -0.4 is 9.47 Å². The summed E-state index contributed by atoms with van der Waals surface area (Å²) in [6.07, 6.45) is 9.50. The third-order valence-corrected chi connectivity index (χ3v) is 8.87. The zero-order chi connectivity index (χ0) is 32.6. The van der Waals surface area contributed by atoms with Gasteiger partial charge in [-0.2, -0.15) is 0 Å². The van der Waals surface area contributed by atoms with Crippen LogP contribution in [0.25, 0.3) is 10.8 Å². The molecule has 0 saturated heterocycles. The number of benzene rings is 2. The zero-order valence-electron chi connectivity index (χ0n) is 27.9. The summed E-state index contributed by atoms with van der Waals surface area (Å²) in [6.45, 7) is 10.4. The van der Waals surface area contributed by atoms with E-state index in [9.17, 15) is 20.1 Å². The first-order valence-electron chi connectivity index (χ1n) is 17.1. The molecule has 2 aromatic carbocycles. The summed E-state index contributed by atoms with van der Waals surface area (Å²) in [5, 5.41) is 32.7. The smallest absolute Gasteiger partial charge is 0.331 e. The van der Waals surface area contributed by atoms with Gasteiger partial charge in [0.15, 0.2) is 0 Å². The van der Waals surface area contributed by atoms with E-state index in [4.69, 9.17) is 18.9 Å². The normalized spacial score (nSPS) is 15.6. The Labute approximate surface area is 269 Å². The monoisotopic (exact) mass is 628 g/mol. The van der Waals surface area contributed by atoms with Gasteiger partial charge in [0.25, 0.3) is 0 Å². The van der Waals surface area contributed by atoms with Crippen molar-refractivity contribution in [3.8, 4) is 11.5 Å². The van der Waals surface area contributed by atoms with Crippen LogP contribution in [0.2, 0.25) is 0 Å². The highest BCUT2D eigenvalue weighted by Gasteiger charge is 2.27. The van der Waals surface area contributed by atoms with Crippen LogP contribution in [0.15, 0.2) is 35.9 Å². The molecule has 0 spiro atoms. The summed E-state index contributed by atoms with van der Waals surface area (Å²) >= 11 is 0. The van der Waals surface area contributed by atoms with Crippen LogP contribution in [-0.4, -0.2) is 73.1 Å². The number of rotatable bonds is 23. The molecule has 0 aromatic heterocycles. The molecule has 0 radical (unpaired) electrons. The van der Waals surface area contributed by atoms with Crippen molar-refractivity contribution < 1.29 is 39.1 Å². The number of carbonyl (C=O) groups is 1. The Balaban J connectivity index is 1.71. The fourth-order valence-corrected chi connectivity index (χ4v) is 6.18.